The van der Waals surface area contributed by atoms with Crippen molar-refractivity contribution in [2.45, 2.75) is 33.6 Å². The lowest BCUT2D eigenvalue weighted by Crippen LogP contribution is -2.28. The molecule has 0 amide bonds. The molecule has 2 rings (SSSR count). The topological polar surface area (TPSA) is 32.3 Å². The first-order valence-electron chi connectivity index (χ1n) is 7.34. The SMILES string of the molecule is CCN(C)CC1CCN(c2nc(CC(C)C)ns2)C1. The highest BCUT2D eigenvalue weighted by Crippen LogP contribution is 2.26. The average Bonchev–Trinajstić information content (AvgIpc) is 2.97. The predicted molar refractivity (Wildman–Crippen MR) is 81.9 cm³/mol. The molecule has 1 aliphatic heterocycles. The third kappa shape index (κ3) is 4.14. The Kier molecular flexibility index (Phi) is 5.16. The van der Waals surface area contributed by atoms with Crippen LogP contribution in [0.1, 0.15) is 33.0 Å². The van der Waals surface area contributed by atoms with E-state index in [1.807, 2.05) is 0 Å². The standard InChI is InChI=1S/C14H26N4S/c1-5-17(4)9-12-6-7-18(10-12)14-15-13(16-19-14)8-11(2)3/h11-12H,5-10H2,1-4H3. The Hall–Kier alpha value is -0.680. The number of anilines is 1. The number of aromatic nitrogens is 2. The van der Waals surface area contributed by atoms with Crippen LogP contribution >= 0.6 is 11.5 Å². The van der Waals surface area contributed by atoms with E-state index >= 15 is 0 Å². The molecule has 0 saturated carbocycles. The van der Waals surface area contributed by atoms with Crippen molar-refractivity contribution in [2.24, 2.45) is 11.8 Å². The maximum Gasteiger partial charge on any atom is 0.205 e. The van der Waals surface area contributed by atoms with Gasteiger partial charge >= 0.3 is 0 Å². The van der Waals surface area contributed by atoms with Crippen molar-refractivity contribution >= 4 is 16.7 Å². The molecule has 5 heteroatoms. The first-order valence-corrected chi connectivity index (χ1v) is 8.12. The third-order valence-electron chi connectivity index (χ3n) is 3.71. The minimum absolute atomic E-state index is 0.631. The van der Waals surface area contributed by atoms with Gasteiger partial charge in [-0.05, 0) is 31.8 Å². The fourth-order valence-electron chi connectivity index (χ4n) is 2.55. The lowest BCUT2D eigenvalue weighted by Gasteiger charge is -2.19. The Morgan fingerprint density at radius 1 is 1.47 bits per heavy atom. The van der Waals surface area contributed by atoms with Gasteiger partial charge in [-0.25, -0.2) is 4.98 Å². The first kappa shape index (κ1) is 14.7. The van der Waals surface area contributed by atoms with Crippen LogP contribution < -0.4 is 4.90 Å². The molecule has 1 aromatic rings. The molecule has 1 aliphatic rings. The monoisotopic (exact) mass is 282 g/mol. The number of rotatable bonds is 6. The van der Waals surface area contributed by atoms with Crippen LogP contribution in [0.3, 0.4) is 0 Å². The van der Waals surface area contributed by atoms with E-state index < -0.39 is 0 Å². The average molecular weight is 282 g/mol. The molecule has 1 aromatic heterocycles. The van der Waals surface area contributed by atoms with Gasteiger partial charge in [0, 0.05) is 37.6 Å². The fraction of sp³-hybridized carbons (Fsp3) is 0.857. The van der Waals surface area contributed by atoms with E-state index in [-0.39, 0.29) is 0 Å². The van der Waals surface area contributed by atoms with Crippen LogP contribution in [0.25, 0.3) is 0 Å². The van der Waals surface area contributed by atoms with Gasteiger partial charge in [0.05, 0.1) is 0 Å². The van der Waals surface area contributed by atoms with Crippen molar-refractivity contribution in [3.8, 4) is 0 Å². The molecule has 1 atom stereocenters. The Bertz CT molecular complexity index is 391. The fourth-order valence-corrected chi connectivity index (χ4v) is 3.28. The molecule has 2 heterocycles. The summed E-state index contributed by atoms with van der Waals surface area (Å²) in [5, 5.41) is 1.12. The molecular weight excluding hydrogens is 256 g/mol. The van der Waals surface area contributed by atoms with Gasteiger partial charge in [-0.1, -0.05) is 20.8 Å². The highest BCUT2D eigenvalue weighted by Gasteiger charge is 2.25. The van der Waals surface area contributed by atoms with Gasteiger partial charge in [0.15, 0.2) is 0 Å². The third-order valence-corrected chi connectivity index (χ3v) is 4.53. The van der Waals surface area contributed by atoms with Crippen molar-refractivity contribution in [3.63, 3.8) is 0 Å². The molecule has 4 nitrogen and oxygen atoms in total. The quantitative estimate of drug-likeness (QED) is 0.802. The normalized spacial score (nSPS) is 19.9. The zero-order valence-corrected chi connectivity index (χ0v) is 13.4. The summed E-state index contributed by atoms with van der Waals surface area (Å²) in [5.74, 6) is 2.43. The molecule has 0 aliphatic carbocycles. The van der Waals surface area contributed by atoms with E-state index in [0.717, 1.165) is 42.9 Å². The second kappa shape index (κ2) is 6.66. The predicted octanol–water partition coefficient (Wildman–Crippen LogP) is 2.51. The van der Waals surface area contributed by atoms with E-state index in [0.29, 0.717) is 5.92 Å². The molecule has 1 unspecified atom stereocenters. The van der Waals surface area contributed by atoms with Crippen LogP contribution in [0.2, 0.25) is 0 Å². The van der Waals surface area contributed by atoms with E-state index in [1.165, 1.54) is 13.0 Å². The summed E-state index contributed by atoms with van der Waals surface area (Å²) in [7, 11) is 2.20. The molecule has 1 saturated heterocycles. The lowest BCUT2D eigenvalue weighted by molar-refractivity contribution is 0.300. The van der Waals surface area contributed by atoms with Gasteiger partial charge in [-0.15, -0.1) is 0 Å². The molecule has 0 bridgehead atoms. The van der Waals surface area contributed by atoms with Crippen molar-refractivity contribution < 1.29 is 0 Å². The highest BCUT2D eigenvalue weighted by molar-refractivity contribution is 7.09. The minimum Gasteiger partial charge on any atom is -0.347 e. The van der Waals surface area contributed by atoms with Crippen LogP contribution in [-0.4, -0.2) is 47.5 Å². The summed E-state index contributed by atoms with van der Waals surface area (Å²) in [6.07, 6.45) is 2.27. The molecule has 19 heavy (non-hydrogen) atoms. The Morgan fingerprint density at radius 3 is 2.95 bits per heavy atom. The van der Waals surface area contributed by atoms with Crippen molar-refractivity contribution in [3.05, 3.63) is 5.82 Å². The number of hydrogen-bond acceptors (Lipinski definition) is 5. The van der Waals surface area contributed by atoms with Crippen LogP contribution in [0, 0.1) is 11.8 Å². The van der Waals surface area contributed by atoms with Crippen LogP contribution in [0.15, 0.2) is 0 Å². The van der Waals surface area contributed by atoms with E-state index in [1.54, 1.807) is 11.5 Å². The first-order chi connectivity index (χ1) is 9.08. The molecule has 0 spiro atoms. The van der Waals surface area contributed by atoms with Crippen LogP contribution in [-0.2, 0) is 6.42 Å². The maximum atomic E-state index is 4.69. The zero-order valence-electron chi connectivity index (χ0n) is 12.6. The smallest absolute Gasteiger partial charge is 0.205 e. The van der Waals surface area contributed by atoms with Gasteiger partial charge in [-0.2, -0.15) is 4.37 Å². The molecule has 0 N–H and O–H groups in total. The van der Waals surface area contributed by atoms with Crippen molar-refractivity contribution in [2.75, 3.05) is 38.1 Å². The summed E-state index contributed by atoms with van der Waals surface area (Å²) < 4.78 is 4.48. The molecule has 0 radical (unpaired) electrons. The highest BCUT2D eigenvalue weighted by atomic mass is 32.1. The molecule has 1 fully saturated rings. The Morgan fingerprint density at radius 2 is 2.26 bits per heavy atom. The number of hydrogen-bond donors (Lipinski definition) is 0. The Balaban J connectivity index is 1.88. The summed E-state index contributed by atoms with van der Waals surface area (Å²) in [6, 6.07) is 0. The van der Waals surface area contributed by atoms with Gasteiger partial charge in [0.2, 0.25) is 5.13 Å². The second-order valence-corrected chi connectivity index (χ2v) is 6.78. The van der Waals surface area contributed by atoms with Gasteiger partial charge < -0.3 is 9.80 Å². The summed E-state index contributed by atoms with van der Waals surface area (Å²) in [5.41, 5.74) is 0. The van der Waals surface area contributed by atoms with Gasteiger partial charge in [0.1, 0.15) is 5.82 Å². The van der Waals surface area contributed by atoms with Crippen molar-refractivity contribution in [1.29, 1.82) is 0 Å². The lowest BCUT2D eigenvalue weighted by atomic mass is 10.1. The van der Waals surface area contributed by atoms with Crippen molar-refractivity contribution in [1.82, 2.24) is 14.3 Å². The summed E-state index contributed by atoms with van der Waals surface area (Å²) in [6.45, 7) is 11.3. The summed E-state index contributed by atoms with van der Waals surface area (Å²) in [4.78, 5) is 9.50. The van der Waals surface area contributed by atoms with Crippen LogP contribution in [0.5, 0.6) is 0 Å². The van der Waals surface area contributed by atoms with E-state index in [9.17, 15) is 0 Å². The summed E-state index contributed by atoms with van der Waals surface area (Å²) >= 11 is 1.57. The van der Waals surface area contributed by atoms with Gasteiger partial charge in [-0.3, -0.25) is 0 Å². The zero-order chi connectivity index (χ0) is 13.8. The Labute approximate surface area is 121 Å². The maximum absolute atomic E-state index is 4.69. The van der Waals surface area contributed by atoms with E-state index in [4.69, 9.17) is 0 Å². The van der Waals surface area contributed by atoms with E-state index in [2.05, 4.69) is 47.0 Å². The number of nitrogens with zero attached hydrogens (tertiary/aromatic N) is 4. The van der Waals surface area contributed by atoms with Crippen LogP contribution in [0.4, 0.5) is 5.13 Å². The largest absolute Gasteiger partial charge is 0.347 e. The minimum atomic E-state index is 0.631. The molecule has 108 valence electrons. The molecule has 0 aromatic carbocycles. The van der Waals surface area contributed by atoms with Gasteiger partial charge in [0.25, 0.3) is 0 Å². The second-order valence-electron chi connectivity index (χ2n) is 6.05. The molecular formula is C14H26N4S.